The third-order valence-electron chi connectivity index (χ3n) is 2.73. The van der Waals surface area contributed by atoms with Crippen LogP contribution >= 0.6 is 22.9 Å². The van der Waals surface area contributed by atoms with Crippen LogP contribution < -0.4 is 10.9 Å². The Bertz CT molecular complexity index is 680. The van der Waals surface area contributed by atoms with Crippen LogP contribution in [0.3, 0.4) is 0 Å². The van der Waals surface area contributed by atoms with Gasteiger partial charge in [-0.25, -0.2) is 4.98 Å². The van der Waals surface area contributed by atoms with Gasteiger partial charge in [-0.2, -0.15) is 0 Å². The molecule has 3 aromatic rings. The van der Waals surface area contributed by atoms with Gasteiger partial charge >= 0.3 is 0 Å². The summed E-state index contributed by atoms with van der Waals surface area (Å²) >= 11 is 7.43. The molecule has 0 saturated heterocycles. The number of nitrogens with one attached hydrogen (secondary N) is 2. The van der Waals surface area contributed by atoms with E-state index in [9.17, 15) is 0 Å². The zero-order valence-corrected chi connectivity index (χ0v) is 12.1. The van der Waals surface area contributed by atoms with E-state index < -0.39 is 0 Å². The molecule has 2 aromatic carbocycles. The predicted octanol–water partition coefficient (Wildman–Crippen LogP) is 4.90. The van der Waals surface area contributed by atoms with Gasteiger partial charge in [-0.3, -0.25) is 10.9 Å². The standard InChI is InChI=1S/C15H12ClN3S/c16-12-8-6-11(7-9-12)14-10-20-15(17-14)19-18-13-4-2-1-3-5-13/h1-10,18H,(H,17,19). The molecule has 3 nitrogen and oxygen atoms in total. The lowest BCUT2D eigenvalue weighted by Gasteiger charge is -2.05. The summed E-state index contributed by atoms with van der Waals surface area (Å²) in [5, 5.41) is 3.56. The fourth-order valence-electron chi connectivity index (χ4n) is 1.73. The molecule has 1 heterocycles. The van der Waals surface area contributed by atoms with Gasteiger partial charge in [-0.05, 0) is 24.3 Å². The number of para-hydroxylation sites is 1. The molecule has 0 fully saturated rings. The zero-order chi connectivity index (χ0) is 13.8. The van der Waals surface area contributed by atoms with E-state index in [1.165, 1.54) is 0 Å². The first kappa shape index (κ1) is 13.0. The van der Waals surface area contributed by atoms with E-state index in [1.807, 2.05) is 60.0 Å². The number of anilines is 2. The van der Waals surface area contributed by atoms with Crippen LogP contribution in [-0.4, -0.2) is 4.98 Å². The molecule has 0 amide bonds. The summed E-state index contributed by atoms with van der Waals surface area (Å²) in [6, 6.07) is 17.6. The van der Waals surface area contributed by atoms with Crippen molar-refractivity contribution in [2.24, 2.45) is 0 Å². The molecule has 20 heavy (non-hydrogen) atoms. The SMILES string of the molecule is Clc1ccc(-c2csc(NNc3ccccc3)n2)cc1. The predicted molar refractivity (Wildman–Crippen MR) is 86.2 cm³/mol. The van der Waals surface area contributed by atoms with Crippen LogP contribution in [-0.2, 0) is 0 Å². The summed E-state index contributed by atoms with van der Waals surface area (Å²) in [6.45, 7) is 0. The van der Waals surface area contributed by atoms with E-state index in [4.69, 9.17) is 11.6 Å². The molecule has 0 atom stereocenters. The van der Waals surface area contributed by atoms with Crippen molar-refractivity contribution in [1.82, 2.24) is 4.98 Å². The van der Waals surface area contributed by atoms with Gasteiger partial charge in [0.15, 0.2) is 0 Å². The molecule has 3 rings (SSSR count). The summed E-state index contributed by atoms with van der Waals surface area (Å²) in [6.07, 6.45) is 0. The van der Waals surface area contributed by atoms with Gasteiger partial charge in [-0.15, -0.1) is 11.3 Å². The average molecular weight is 302 g/mol. The lowest BCUT2D eigenvalue weighted by atomic mass is 10.2. The van der Waals surface area contributed by atoms with E-state index in [-0.39, 0.29) is 0 Å². The van der Waals surface area contributed by atoms with Crippen molar-refractivity contribution in [1.29, 1.82) is 0 Å². The first-order valence-electron chi connectivity index (χ1n) is 6.10. The van der Waals surface area contributed by atoms with Crippen LogP contribution in [0.25, 0.3) is 11.3 Å². The summed E-state index contributed by atoms with van der Waals surface area (Å²) < 4.78 is 0. The van der Waals surface area contributed by atoms with Crippen LogP contribution in [0, 0.1) is 0 Å². The lowest BCUT2D eigenvalue weighted by Crippen LogP contribution is -2.07. The molecule has 5 heteroatoms. The minimum Gasteiger partial charge on any atom is -0.299 e. The number of nitrogens with zero attached hydrogens (tertiary/aromatic N) is 1. The van der Waals surface area contributed by atoms with E-state index >= 15 is 0 Å². The molecule has 0 saturated carbocycles. The Morgan fingerprint density at radius 1 is 0.900 bits per heavy atom. The van der Waals surface area contributed by atoms with E-state index in [2.05, 4.69) is 15.8 Å². The number of hydrogen-bond acceptors (Lipinski definition) is 4. The second kappa shape index (κ2) is 5.94. The fraction of sp³-hybridized carbons (Fsp3) is 0. The highest BCUT2D eigenvalue weighted by Gasteiger charge is 2.04. The Kier molecular flexibility index (Phi) is 3.85. The maximum atomic E-state index is 5.88. The third kappa shape index (κ3) is 3.10. The van der Waals surface area contributed by atoms with Gasteiger partial charge in [0.25, 0.3) is 0 Å². The normalized spacial score (nSPS) is 10.2. The average Bonchev–Trinajstić information content (AvgIpc) is 2.96. The Labute approximate surface area is 126 Å². The minimum absolute atomic E-state index is 0.730. The largest absolute Gasteiger partial charge is 0.299 e. The van der Waals surface area contributed by atoms with Crippen LogP contribution in [0.2, 0.25) is 5.02 Å². The van der Waals surface area contributed by atoms with E-state index in [0.717, 1.165) is 27.1 Å². The highest BCUT2D eigenvalue weighted by molar-refractivity contribution is 7.14. The Hall–Kier alpha value is -2.04. The van der Waals surface area contributed by atoms with Gasteiger partial charge in [-0.1, -0.05) is 41.9 Å². The molecule has 0 bridgehead atoms. The van der Waals surface area contributed by atoms with Crippen molar-refractivity contribution in [3.63, 3.8) is 0 Å². The number of aromatic nitrogens is 1. The quantitative estimate of drug-likeness (QED) is 0.673. The second-order valence-electron chi connectivity index (χ2n) is 4.16. The number of hydrazine groups is 1. The lowest BCUT2D eigenvalue weighted by molar-refractivity contribution is 1.33. The van der Waals surface area contributed by atoms with Crippen molar-refractivity contribution in [3.05, 3.63) is 65.0 Å². The van der Waals surface area contributed by atoms with Gasteiger partial charge in [0.2, 0.25) is 5.13 Å². The summed E-state index contributed by atoms with van der Waals surface area (Å²) in [4.78, 5) is 4.53. The van der Waals surface area contributed by atoms with Gasteiger partial charge < -0.3 is 0 Å². The molecule has 0 aliphatic rings. The first-order valence-corrected chi connectivity index (χ1v) is 7.35. The molecule has 0 aliphatic carbocycles. The maximum absolute atomic E-state index is 5.88. The van der Waals surface area contributed by atoms with Crippen LogP contribution in [0.4, 0.5) is 10.8 Å². The van der Waals surface area contributed by atoms with Crippen molar-refractivity contribution < 1.29 is 0 Å². The van der Waals surface area contributed by atoms with Crippen LogP contribution in [0.1, 0.15) is 0 Å². The Balaban J connectivity index is 1.69. The van der Waals surface area contributed by atoms with E-state index in [1.54, 1.807) is 11.3 Å². The Morgan fingerprint density at radius 2 is 1.65 bits per heavy atom. The molecular formula is C15H12ClN3S. The molecule has 2 N–H and O–H groups in total. The summed E-state index contributed by atoms with van der Waals surface area (Å²) in [5.41, 5.74) is 9.19. The summed E-state index contributed by atoms with van der Waals surface area (Å²) in [5.74, 6) is 0. The zero-order valence-electron chi connectivity index (χ0n) is 10.5. The molecule has 0 spiro atoms. The number of rotatable bonds is 4. The van der Waals surface area contributed by atoms with Crippen molar-refractivity contribution in [3.8, 4) is 11.3 Å². The fourth-order valence-corrected chi connectivity index (χ4v) is 2.53. The van der Waals surface area contributed by atoms with Gasteiger partial charge in [0, 0.05) is 16.0 Å². The molecule has 0 unspecified atom stereocenters. The Morgan fingerprint density at radius 3 is 2.40 bits per heavy atom. The molecule has 0 aliphatic heterocycles. The second-order valence-corrected chi connectivity index (χ2v) is 5.46. The van der Waals surface area contributed by atoms with Gasteiger partial charge in [0.05, 0.1) is 11.4 Å². The number of hydrogen-bond donors (Lipinski definition) is 2. The van der Waals surface area contributed by atoms with Crippen LogP contribution in [0.15, 0.2) is 60.0 Å². The highest BCUT2D eigenvalue weighted by Crippen LogP contribution is 2.25. The molecule has 1 aromatic heterocycles. The third-order valence-corrected chi connectivity index (χ3v) is 3.74. The maximum Gasteiger partial charge on any atom is 0.202 e. The smallest absolute Gasteiger partial charge is 0.202 e. The van der Waals surface area contributed by atoms with E-state index in [0.29, 0.717) is 0 Å². The van der Waals surface area contributed by atoms with Crippen molar-refractivity contribution >= 4 is 33.8 Å². The first-order chi connectivity index (χ1) is 9.81. The van der Waals surface area contributed by atoms with Crippen LogP contribution in [0.5, 0.6) is 0 Å². The highest BCUT2D eigenvalue weighted by atomic mass is 35.5. The number of thiazole rings is 1. The molecule has 100 valence electrons. The molecular weight excluding hydrogens is 290 g/mol. The molecule has 0 radical (unpaired) electrons. The van der Waals surface area contributed by atoms with Crippen molar-refractivity contribution in [2.75, 3.05) is 10.9 Å². The minimum atomic E-state index is 0.730. The number of halogens is 1. The topological polar surface area (TPSA) is 37.0 Å². The number of benzene rings is 2. The monoisotopic (exact) mass is 301 g/mol. The summed E-state index contributed by atoms with van der Waals surface area (Å²) in [7, 11) is 0. The van der Waals surface area contributed by atoms with Gasteiger partial charge in [0.1, 0.15) is 0 Å². The van der Waals surface area contributed by atoms with Crippen molar-refractivity contribution in [2.45, 2.75) is 0 Å².